The molecule has 1 atom stereocenters. The molecule has 7 nitrogen and oxygen atoms in total. The van der Waals surface area contributed by atoms with Gasteiger partial charge in [0.1, 0.15) is 11.5 Å². The normalized spacial score (nSPS) is 18.7. The van der Waals surface area contributed by atoms with Gasteiger partial charge in [-0.25, -0.2) is 4.52 Å². The third kappa shape index (κ3) is 3.19. The SMILES string of the molecule is CN1CCN(Cc2ccco2)CC1c1nnn2cc(-c3ccncc3)ccc12. The molecule has 0 saturated carbocycles. The van der Waals surface area contributed by atoms with E-state index in [1.54, 1.807) is 18.7 Å². The maximum Gasteiger partial charge on any atom is 0.117 e. The van der Waals surface area contributed by atoms with Crippen molar-refractivity contribution < 1.29 is 4.42 Å². The van der Waals surface area contributed by atoms with Gasteiger partial charge in [0.25, 0.3) is 0 Å². The summed E-state index contributed by atoms with van der Waals surface area (Å²) in [6.07, 6.45) is 7.37. The van der Waals surface area contributed by atoms with E-state index in [4.69, 9.17) is 4.42 Å². The first kappa shape index (κ1) is 17.1. The van der Waals surface area contributed by atoms with E-state index >= 15 is 0 Å². The lowest BCUT2D eigenvalue weighted by atomic mass is 10.1. The highest BCUT2D eigenvalue weighted by Gasteiger charge is 2.29. The Labute approximate surface area is 163 Å². The summed E-state index contributed by atoms with van der Waals surface area (Å²) in [5.41, 5.74) is 4.29. The zero-order valence-electron chi connectivity index (χ0n) is 15.8. The summed E-state index contributed by atoms with van der Waals surface area (Å²) < 4.78 is 7.40. The maximum absolute atomic E-state index is 5.52. The number of nitrogens with zero attached hydrogens (tertiary/aromatic N) is 6. The van der Waals surface area contributed by atoms with Gasteiger partial charge in [0.15, 0.2) is 0 Å². The van der Waals surface area contributed by atoms with Crippen LogP contribution in [0, 0.1) is 0 Å². The molecule has 1 fully saturated rings. The van der Waals surface area contributed by atoms with Crippen molar-refractivity contribution >= 4 is 5.52 Å². The largest absolute Gasteiger partial charge is 0.468 e. The maximum atomic E-state index is 5.52. The molecule has 0 amide bonds. The fourth-order valence-corrected chi connectivity index (χ4v) is 3.86. The van der Waals surface area contributed by atoms with Gasteiger partial charge in [0.2, 0.25) is 0 Å². The number of rotatable bonds is 4. The zero-order chi connectivity index (χ0) is 18.9. The molecule has 1 unspecified atom stereocenters. The van der Waals surface area contributed by atoms with Crippen LogP contribution >= 0.6 is 0 Å². The number of hydrogen-bond donors (Lipinski definition) is 0. The second kappa shape index (κ2) is 7.18. The second-order valence-corrected chi connectivity index (χ2v) is 7.27. The molecule has 0 N–H and O–H groups in total. The Balaban J connectivity index is 1.43. The minimum atomic E-state index is 0.202. The van der Waals surface area contributed by atoms with Gasteiger partial charge in [-0.15, -0.1) is 5.10 Å². The molecule has 0 spiro atoms. The van der Waals surface area contributed by atoms with Gasteiger partial charge in [0, 0.05) is 43.8 Å². The summed E-state index contributed by atoms with van der Waals surface area (Å²) in [6.45, 7) is 3.72. The number of hydrogen-bond acceptors (Lipinski definition) is 6. The Morgan fingerprint density at radius 3 is 2.79 bits per heavy atom. The third-order valence-corrected chi connectivity index (χ3v) is 5.46. The molecule has 0 aliphatic carbocycles. The third-order valence-electron chi connectivity index (χ3n) is 5.46. The van der Waals surface area contributed by atoms with Crippen LogP contribution < -0.4 is 0 Å². The lowest BCUT2D eigenvalue weighted by molar-refractivity contribution is 0.0840. The summed E-state index contributed by atoms with van der Waals surface area (Å²) in [4.78, 5) is 8.87. The standard InChI is InChI=1S/C21H22N6O/c1-25-10-11-26(14-18-3-2-12-28-18)15-20(25)21-19-5-4-17(13-27(19)24-23-21)16-6-8-22-9-7-16/h2-9,12-13,20H,10-11,14-15H2,1H3. The van der Waals surface area contributed by atoms with E-state index in [1.807, 2.05) is 35.0 Å². The highest BCUT2D eigenvalue weighted by molar-refractivity contribution is 5.65. The van der Waals surface area contributed by atoms with E-state index in [-0.39, 0.29) is 6.04 Å². The van der Waals surface area contributed by atoms with Gasteiger partial charge >= 0.3 is 0 Å². The van der Waals surface area contributed by atoms with Crippen molar-refractivity contribution in [3.05, 3.63) is 72.7 Å². The Bertz CT molecular complexity index is 1060. The molecular weight excluding hydrogens is 352 g/mol. The fraction of sp³-hybridized carbons (Fsp3) is 0.286. The second-order valence-electron chi connectivity index (χ2n) is 7.27. The highest BCUT2D eigenvalue weighted by Crippen LogP contribution is 2.28. The number of fused-ring (bicyclic) bond motifs is 1. The van der Waals surface area contributed by atoms with Gasteiger partial charge in [-0.3, -0.25) is 14.8 Å². The van der Waals surface area contributed by atoms with Crippen LogP contribution in [0.15, 0.2) is 65.7 Å². The van der Waals surface area contributed by atoms with Crippen LogP contribution in [0.3, 0.4) is 0 Å². The lowest BCUT2D eigenvalue weighted by Crippen LogP contribution is -2.46. The Morgan fingerprint density at radius 2 is 1.96 bits per heavy atom. The van der Waals surface area contributed by atoms with Gasteiger partial charge in [-0.2, -0.15) is 0 Å². The van der Waals surface area contributed by atoms with E-state index in [0.29, 0.717) is 0 Å². The summed E-state index contributed by atoms with van der Waals surface area (Å²) in [5.74, 6) is 0.998. The molecule has 1 saturated heterocycles. The predicted octanol–water partition coefficient (Wildman–Crippen LogP) is 2.87. The first-order valence-corrected chi connectivity index (χ1v) is 9.48. The van der Waals surface area contributed by atoms with Crippen molar-refractivity contribution in [1.82, 2.24) is 29.6 Å². The number of piperazine rings is 1. The van der Waals surface area contributed by atoms with Crippen LogP contribution in [0.25, 0.3) is 16.6 Å². The fourth-order valence-electron chi connectivity index (χ4n) is 3.86. The van der Waals surface area contributed by atoms with Crippen LogP contribution in [-0.4, -0.2) is 56.3 Å². The number of pyridine rings is 2. The Morgan fingerprint density at radius 1 is 1.07 bits per heavy atom. The molecule has 142 valence electrons. The molecule has 0 bridgehead atoms. The van der Waals surface area contributed by atoms with Crippen molar-refractivity contribution in [2.24, 2.45) is 0 Å². The first-order chi connectivity index (χ1) is 13.8. The minimum Gasteiger partial charge on any atom is -0.468 e. The molecule has 4 aromatic rings. The number of likely N-dealkylation sites (N-methyl/N-ethyl adjacent to an activating group) is 1. The quantitative estimate of drug-likeness (QED) is 0.547. The van der Waals surface area contributed by atoms with Crippen LogP contribution in [0.1, 0.15) is 17.5 Å². The van der Waals surface area contributed by atoms with Crippen LogP contribution in [0.2, 0.25) is 0 Å². The molecular formula is C21H22N6O. The molecule has 4 aromatic heterocycles. The van der Waals surface area contributed by atoms with E-state index in [2.05, 4.69) is 44.3 Å². The lowest BCUT2D eigenvalue weighted by Gasteiger charge is -2.38. The summed E-state index contributed by atoms with van der Waals surface area (Å²) >= 11 is 0. The molecule has 1 aliphatic rings. The van der Waals surface area contributed by atoms with Crippen LogP contribution in [0.4, 0.5) is 0 Å². The monoisotopic (exact) mass is 374 g/mol. The highest BCUT2D eigenvalue weighted by atomic mass is 16.3. The molecule has 0 aromatic carbocycles. The van der Waals surface area contributed by atoms with Crippen LogP contribution in [-0.2, 0) is 6.54 Å². The van der Waals surface area contributed by atoms with Crippen molar-refractivity contribution in [3.8, 4) is 11.1 Å². The summed E-state index contributed by atoms with van der Waals surface area (Å²) in [5, 5.41) is 8.95. The molecule has 1 aliphatic heterocycles. The smallest absolute Gasteiger partial charge is 0.117 e. The minimum absolute atomic E-state index is 0.202. The number of furan rings is 1. The molecule has 7 heteroatoms. The van der Waals surface area contributed by atoms with Gasteiger partial charge in [-0.05, 0) is 42.9 Å². The summed E-state index contributed by atoms with van der Waals surface area (Å²) in [6, 6.07) is 12.4. The van der Waals surface area contributed by atoms with E-state index < -0.39 is 0 Å². The van der Waals surface area contributed by atoms with E-state index in [1.165, 1.54) is 0 Å². The molecule has 0 radical (unpaired) electrons. The zero-order valence-corrected chi connectivity index (χ0v) is 15.8. The molecule has 28 heavy (non-hydrogen) atoms. The van der Waals surface area contributed by atoms with E-state index in [9.17, 15) is 0 Å². The summed E-state index contributed by atoms with van der Waals surface area (Å²) in [7, 11) is 2.16. The van der Waals surface area contributed by atoms with Crippen molar-refractivity contribution in [1.29, 1.82) is 0 Å². The topological polar surface area (TPSA) is 62.7 Å². The van der Waals surface area contributed by atoms with Gasteiger partial charge in [-0.1, -0.05) is 11.3 Å². The average molecular weight is 374 g/mol. The predicted molar refractivity (Wildman–Crippen MR) is 106 cm³/mol. The average Bonchev–Trinajstić information content (AvgIpc) is 3.39. The Hall–Kier alpha value is -3.03. The van der Waals surface area contributed by atoms with E-state index in [0.717, 1.165) is 54.3 Å². The Kier molecular flexibility index (Phi) is 4.38. The van der Waals surface area contributed by atoms with Crippen molar-refractivity contribution in [2.45, 2.75) is 12.6 Å². The van der Waals surface area contributed by atoms with Crippen molar-refractivity contribution in [3.63, 3.8) is 0 Å². The molecule has 5 heterocycles. The van der Waals surface area contributed by atoms with Gasteiger partial charge < -0.3 is 4.42 Å². The van der Waals surface area contributed by atoms with Gasteiger partial charge in [0.05, 0.1) is 24.4 Å². The first-order valence-electron chi connectivity index (χ1n) is 9.48. The molecule has 5 rings (SSSR count). The number of aromatic nitrogens is 4. The van der Waals surface area contributed by atoms with Crippen LogP contribution in [0.5, 0.6) is 0 Å². The van der Waals surface area contributed by atoms with Crippen molar-refractivity contribution in [2.75, 3.05) is 26.7 Å².